The molecule has 0 saturated heterocycles. The molecule has 2 aromatic heterocycles. The molecule has 3 atom stereocenters. The van der Waals surface area contributed by atoms with Gasteiger partial charge in [-0.05, 0) is 66.6 Å². The maximum atomic E-state index is 12.0. The number of rotatable bonds is 5. The van der Waals surface area contributed by atoms with E-state index in [1.54, 1.807) is 10.9 Å². The van der Waals surface area contributed by atoms with E-state index in [4.69, 9.17) is 4.74 Å². The second-order valence-corrected chi connectivity index (χ2v) is 10.3. The number of aryl methyl sites for hydroxylation is 3. The summed E-state index contributed by atoms with van der Waals surface area (Å²) in [6.45, 7) is 5.70. The molecule has 0 fully saturated rings. The van der Waals surface area contributed by atoms with Crippen molar-refractivity contribution < 1.29 is 14.6 Å². The highest BCUT2D eigenvalue weighted by atomic mass is 16.5. The van der Waals surface area contributed by atoms with Crippen molar-refractivity contribution in [2.24, 2.45) is 7.05 Å². The number of carboxylic acids is 1. The van der Waals surface area contributed by atoms with Crippen LogP contribution < -0.4 is 4.74 Å². The van der Waals surface area contributed by atoms with Crippen molar-refractivity contribution in [1.82, 2.24) is 24.9 Å². The van der Waals surface area contributed by atoms with E-state index in [0.29, 0.717) is 0 Å². The zero-order valence-corrected chi connectivity index (χ0v) is 21.4. The molecule has 0 bridgehead atoms. The van der Waals surface area contributed by atoms with Gasteiger partial charge in [-0.3, -0.25) is 9.69 Å². The van der Waals surface area contributed by atoms with Crippen LogP contribution in [0.5, 0.6) is 5.88 Å². The Bertz CT molecular complexity index is 1500. The molecule has 6 rings (SSSR count). The molecule has 37 heavy (non-hydrogen) atoms. The number of carboxylic acid groups (broad SMARTS) is 1. The lowest BCUT2D eigenvalue weighted by Gasteiger charge is -2.30. The molecule has 0 radical (unpaired) electrons. The highest BCUT2D eigenvalue weighted by molar-refractivity contribution is 5.80. The molecule has 3 unspecified atom stereocenters. The number of aliphatic carboxylic acids is 1. The van der Waals surface area contributed by atoms with Crippen LogP contribution in [-0.2, 0) is 24.8 Å². The Morgan fingerprint density at radius 3 is 2.92 bits per heavy atom. The molecule has 0 amide bonds. The summed E-state index contributed by atoms with van der Waals surface area (Å²) in [7, 11) is 1.87. The third-order valence-corrected chi connectivity index (χ3v) is 7.92. The molecule has 2 aliphatic rings. The highest BCUT2D eigenvalue weighted by Crippen LogP contribution is 2.41. The summed E-state index contributed by atoms with van der Waals surface area (Å²) in [4.78, 5) is 19.0. The van der Waals surface area contributed by atoms with Gasteiger partial charge in [0.25, 0.3) is 0 Å². The van der Waals surface area contributed by atoms with E-state index in [1.165, 1.54) is 11.1 Å². The minimum absolute atomic E-state index is 0.0176. The van der Waals surface area contributed by atoms with E-state index >= 15 is 0 Å². The number of aromatic nitrogens is 4. The third-order valence-electron chi connectivity index (χ3n) is 7.92. The SMILES string of the molecule is Cc1c(C(CC(=O)O)c2ccc3c(c2)C(N2Cc4cccnc4OC(C)C2)CC3)ccc2c1nnn2C. The molecular weight excluding hydrogens is 466 g/mol. The Kier molecular flexibility index (Phi) is 5.91. The first-order valence-corrected chi connectivity index (χ1v) is 12.9. The van der Waals surface area contributed by atoms with Crippen molar-refractivity contribution in [2.75, 3.05) is 6.54 Å². The Morgan fingerprint density at radius 2 is 2.08 bits per heavy atom. The van der Waals surface area contributed by atoms with Crippen LogP contribution >= 0.6 is 0 Å². The average Bonchev–Trinajstić information content (AvgIpc) is 3.42. The lowest BCUT2D eigenvalue weighted by Crippen LogP contribution is -2.33. The summed E-state index contributed by atoms with van der Waals surface area (Å²) < 4.78 is 7.87. The van der Waals surface area contributed by atoms with Crippen molar-refractivity contribution >= 4 is 17.0 Å². The summed E-state index contributed by atoms with van der Waals surface area (Å²) in [6, 6.07) is 14.9. The fraction of sp³-hybridized carbons (Fsp3) is 0.379. The first kappa shape index (κ1) is 23.6. The van der Waals surface area contributed by atoms with Crippen LogP contribution in [0.1, 0.15) is 65.1 Å². The van der Waals surface area contributed by atoms with Crippen LogP contribution in [0.2, 0.25) is 0 Å². The molecule has 8 nitrogen and oxygen atoms in total. The lowest BCUT2D eigenvalue weighted by molar-refractivity contribution is -0.137. The summed E-state index contributed by atoms with van der Waals surface area (Å²) in [6.07, 6.45) is 3.88. The Balaban J connectivity index is 1.39. The van der Waals surface area contributed by atoms with Gasteiger partial charge in [0.1, 0.15) is 11.6 Å². The van der Waals surface area contributed by atoms with Gasteiger partial charge in [-0.15, -0.1) is 5.10 Å². The van der Waals surface area contributed by atoms with E-state index < -0.39 is 5.97 Å². The Labute approximate surface area is 215 Å². The maximum absolute atomic E-state index is 12.0. The average molecular weight is 498 g/mol. The van der Waals surface area contributed by atoms with Crippen molar-refractivity contribution in [2.45, 2.75) is 57.7 Å². The molecule has 3 heterocycles. The van der Waals surface area contributed by atoms with E-state index in [9.17, 15) is 9.90 Å². The monoisotopic (exact) mass is 497 g/mol. The topological polar surface area (TPSA) is 93.4 Å². The predicted molar refractivity (Wildman–Crippen MR) is 140 cm³/mol. The maximum Gasteiger partial charge on any atom is 0.304 e. The van der Waals surface area contributed by atoms with Crippen molar-refractivity contribution in [3.8, 4) is 5.88 Å². The zero-order chi connectivity index (χ0) is 25.7. The van der Waals surface area contributed by atoms with Crippen molar-refractivity contribution in [1.29, 1.82) is 0 Å². The molecule has 190 valence electrons. The number of nitrogens with zero attached hydrogens (tertiary/aromatic N) is 5. The second-order valence-electron chi connectivity index (χ2n) is 10.3. The predicted octanol–water partition coefficient (Wildman–Crippen LogP) is 4.55. The molecule has 2 aromatic carbocycles. The Hall–Kier alpha value is -3.78. The van der Waals surface area contributed by atoms with Crippen LogP contribution in [0.3, 0.4) is 0 Å². The third kappa shape index (κ3) is 4.25. The number of pyridine rings is 1. The van der Waals surface area contributed by atoms with Gasteiger partial charge in [-0.1, -0.05) is 35.5 Å². The number of carbonyl (C=O) groups is 1. The standard InChI is InChI=1S/C29H31N5O3/c1-17-15-34(16-21-5-4-12-30-29(21)37-17)25-10-8-19-6-7-20(13-24(19)25)23(14-27(35)36)22-9-11-26-28(18(22)2)31-32-33(26)3/h4-7,9,11-13,17,23,25H,8,10,14-16H2,1-3H3,(H,35,36). The minimum atomic E-state index is -0.816. The second kappa shape index (κ2) is 9.27. The van der Waals surface area contributed by atoms with E-state index in [-0.39, 0.29) is 24.5 Å². The number of ether oxygens (including phenoxy) is 1. The van der Waals surface area contributed by atoms with Gasteiger partial charge < -0.3 is 9.84 Å². The van der Waals surface area contributed by atoms with Gasteiger partial charge >= 0.3 is 5.97 Å². The number of hydrogen-bond acceptors (Lipinski definition) is 6. The molecule has 1 aliphatic heterocycles. The molecule has 1 aliphatic carbocycles. The zero-order valence-electron chi connectivity index (χ0n) is 21.4. The first-order chi connectivity index (χ1) is 17.9. The van der Waals surface area contributed by atoms with Gasteiger partial charge in [0, 0.05) is 43.9 Å². The molecular formula is C29H31N5O3. The van der Waals surface area contributed by atoms with E-state index in [1.807, 2.05) is 32.2 Å². The van der Waals surface area contributed by atoms with Crippen LogP contribution in [0.15, 0.2) is 48.7 Å². The van der Waals surface area contributed by atoms with Gasteiger partial charge in [-0.25, -0.2) is 9.67 Å². The van der Waals surface area contributed by atoms with Gasteiger partial charge in [0.15, 0.2) is 0 Å². The molecule has 4 aromatic rings. The summed E-state index contributed by atoms with van der Waals surface area (Å²) in [5.74, 6) is -0.365. The van der Waals surface area contributed by atoms with Crippen molar-refractivity contribution in [3.63, 3.8) is 0 Å². The number of hydrogen-bond donors (Lipinski definition) is 1. The largest absolute Gasteiger partial charge is 0.481 e. The van der Waals surface area contributed by atoms with Crippen LogP contribution in [0.4, 0.5) is 0 Å². The quantitative estimate of drug-likeness (QED) is 0.432. The lowest BCUT2D eigenvalue weighted by atomic mass is 9.84. The molecule has 0 saturated carbocycles. The molecule has 8 heteroatoms. The summed E-state index contributed by atoms with van der Waals surface area (Å²) >= 11 is 0. The van der Waals surface area contributed by atoms with Crippen LogP contribution in [0.25, 0.3) is 11.0 Å². The summed E-state index contributed by atoms with van der Waals surface area (Å²) in [5.41, 5.74) is 8.50. The van der Waals surface area contributed by atoms with E-state index in [0.717, 1.165) is 65.1 Å². The Morgan fingerprint density at radius 1 is 1.22 bits per heavy atom. The smallest absolute Gasteiger partial charge is 0.304 e. The number of fused-ring (bicyclic) bond motifs is 3. The molecule has 1 N–H and O–H groups in total. The normalized spacial score (nSPS) is 20.2. The number of benzene rings is 2. The van der Waals surface area contributed by atoms with E-state index in [2.05, 4.69) is 51.4 Å². The minimum Gasteiger partial charge on any atom is -0.481 e. The molecule has 0 spiro atoms. The van der Waals surface area contributed by atoms with Gasteiger partial charge in [0.2, 0.25) is 5.88 Å². The highest BCUT2D eigenvalue weighted by Gasteiger charge is 2.33. The first-order valence-electron chi connectivity index (χ1n) is 12.9. The van der Waals surface area contributed by atoms with Crippen molar-refractivity contribution in [3.05, 3.63) is 82.0 Å². The van der Waals surface area contributed by atoms with Gasteiger partial charge in [-0.2, -0.15) is 0 Å². The van der Waals surface area contributed by atoms with Gasteiger partial charge in [0.05, 0.1) is 11.9 Å². The summed E-state index contributed by atoms with van der Waals surface area (Å²) in [5, 5.41) is 18.4. The fourth-order valence-electron chi connectivity index (χ4n) is 6.13. The fourth-order valence-corrected chi connectivity index (χ4v) is 6.13. The van der Waals surface area contributed by atoms with Crippen LogP contribution in [-0.4, -0.2) is 48.6 Å². The van der Waals surface area contributed by atoms with Crippen LogP contribution in [0, 0.1) is 6.92 Å².